The monoisotopic (exact) mass is 343 g/mol. The van der Waals surface area contributed by atoms with Gasteiger partial charge >= 0.3 is 6.03 Å². The fourth-order valence-electron chi connectivity index (χ4n) is 3.28. The van der Waals surface area contributed by atoms with Crippen LogP contribution < -0.4 is 10.1 Å². The molecule has 2 aromatic rings. The van der Waals surface area contributed by atoms with E-state index in [1.165, 1.54) is 19.3 Å². The van der Waals surface area contributed by atoms with Gasteiger partial charge in [-0.25, -0.2) is 9.78 Å². The predicted octanol–water partition coefficient (Wildman–Crippen LogP) is 3.73. The van der Waals surface area contributed by atoms with Crippen molar-refractivity contribution >= 4 is 6.03 Å². The normalized spacial score (nSPS) is 14.9. The molecule has 6 nitrogen and oxygen atoms in total. The van der Waals surface area contributed by atoms with Gasteiger partial charge in [0.25, 0.3) is 0 Å². The van der Waals surface area contributed by atoms with E-state index in [4.69, 9.17) is 9.15 Å². The lowest BCUT2D eigenvalue weighted by Crippen LogP contribution is -2.46. The molecule has 0 aromatic carbocycles. The Morgan fingerprint density at radius 1 is 1.32 bits per heavy atom. The first-order valence-electron chi connectivity index (χ1n) is 8.82. The molecular weight excluding hydrogens is 318 g/mol. The number of rotatable bonds is 6. The van der Waals surface area contributed by atoms with Crippen molar-refractivity contribution in [2.24, 2.45) is 0 Å². The fraction of sp³-hybridized carbons (Fsp3) is 0.474. The molecule has 0 atom stereocenters. The highest BCUT2D eigenvalue weighted by Gasteiger charge is 2.25. The van der Waals surface area contributed by atoms with Crippen LogP contribution in [-0.4, -0.2) is 29.1 Å². The van der Waals surface area contributed by atoms with Crippen molar-refractivity contribution in [3.05, 3.63) is 48.0 Å². The summed E-state index contributed by atoms with van der Waals surface area (Å²) < 4.78 is 10.3. The molecule has 0 aliphatic heterocycles. The zero-order valence-corrected chi connectivity index (χ0v) is 14.6. The van der Waals surface area contributed by atoms with E-state index in [0.717, 1.165) is 24.1 Å². The first-order valence-corrected chi connectivity index (χ1v) is 8.82. The number of pyridine rings is 1. The molecule has 1 N–H and O–H groups in total. The molecule has 134 valence electrons. The van der Waals surface area contributed by atoms with Crippen molar-refractivity contribution in [3.8, 4) is 5.88 Å². The van der Waals surface area contributed by atoms with Crippen LogP contribution in [0.5, 0.6) is 5.88 Å². The molecule has 0 spiro atoms. The fourth-order valence-corrected chi connectivity index (χ4v) is 3.28. The summed E-state index contributed by atoms with van der Waals surface area (Å²) in [5.41, 5.74) is 1.79. The molecule has 0 unspecified atom stereocenters. The summed E-state index contributed by atoms with van der Waals surface area (Å²) in [6, 6.07) is 7.67. The number of aromatic nitrogens is 1. The standard InChI is InChI=1S/C19H25N3O3/c1-24-18-9-5-6-16(21-18)12-20-19(23)22(13-15-10-11-25-14-15)17-7-3-2-4-8-17/h5-6,9-11,14,17H,2-4,7-8,12-13H2,1H3,(H,20,23). The first kappa shape index (κ1) is 17.3. The van der Waals surface area contributed by atoms with E-state index in [1.54, 1.807) is 25.7 Å². The summed E-state index contributed by atoms with van der Waals surface area (Å²) in [4.78, 5) is 19.1. The molecular formula is C19H25N3O3. The van der Waals surface area contributed by atoms with Crippen LogP contribution in [0.1, 0.15) is 43.4 Å². The smallest absolute Gasteiger partial charge is 0.318 e. The number of carbonyl (C=O) groups excluding carboxylic acids is 1. The van der Waals surface area contributed by atoms with Crippen molar-refractivity contribution in [3.63, 3.8) is 0 Å². The molecule has 2 aromatic heterocycles. The van der Waals surface area contributed by atoms with Crippen molar-refractivity contribution in [1.29, 1.82) is 0 Å². The summed E-state index contributed by atoms with van der Waals surface area (Å²) >= 11 is 0. The Labute approximate surface area is 148 Å². The summed E-state index contributed by atoms with van der Waals surface area (Å²) in [6.45, 7) is 0.948. The van der Waals surface area contributed by atoms with E-state index < -0.39 is 0 Å². The second-order valence-electron chi connectivity index (χ2n) is 6.38. The summed E-state index contributed by atoms with van der Waals surface area (Å²) in [5, 5.41) is 3.00. The molecule has 6 heteroatoms. The molecule has 2 amide bonds. The third kappa shape index (κ3) is 4.75. The van der Waals surface area contributed by atoms with Crippen LogP contribution in [0.2, 0.25) is 0 Å². The number of urea groups is 1. The van der Waals surface area contributed by atoms with Gasteiger partial charge in [0, 0.05) is 17.7 Å². The van der Waals surface area contributed by atoms with Gasteiger partial charge < -0.3 is 19.4 Å². The van der Waals surface area contributed by atoms with Crippen molar-refractivity contribution in [1.82, 2.24) is 15.2 Å². The Morgan fingerprint density at radius 2 is 2.16 bits per heavy atom. The average molecular weight is 343 g/mol. The number of carbonyl (C=O) groups is 1. The lowest BCUT2D eigenvalue weighted by Gasteiger charge is -2.34. The Kier molecular flexibility index (Phi) is 5.93. The third-order valence-corrected chi connectivity index (χ3v) is 4.62. The molecule has 1 saturated carbocycles. The predicted molar refractivity (Wildman–Crippen MR) is 94.1 cm³/mol. The van der Waals surface area contributed by atoms with Crippen molar-refractivity contribution in [2.75, 3.05) is 7.11 Å². The largest absolute Gasteiger partial charge is 0.481 e. The van der Waals surface area contributed by atoms with E-state index >= 15 is 0 Å². The molecule has 0 saturated heterocycles. The zero-order valence-electron chi connectivity index (χ0n) is 14.6. The summed E-state index contributed by atoms with van der Waals surface area (Å²) in [5.74, 6) is 0.550. The highest BCUT2D eigenvalue weighted by atomic mass is 16.5. The van der Waals surface area contributed by atoms with Crippen molar-refractivity contribution in [2.45, 2.75) is 51.2 Å². The Hall–Kier alpha value is -2.50. The van der Waals surface area contributed by atoms with Gasteiger partial charge in [-0.05, 0) is 25.0 Å². The van der Waals surface area contributed by atoms with Crippen LogP contribution in [0.4, 0.5) is 4.79 Å². The SMILES string of the molecule is COc1cccc(CNC(=O)N(Cc2ccoc2)C2CCCCC2)n1. The molecule has 3 rings (SSSR count). The molecule has 1 aliphatic carbocycles. The average Bonchev–Trinajstić information content (AvgIpc) is 3.18. The van der Waals surface area contributed by atoms with Crippen LogP contribution in [0.25, 0.3) is 0 Å². The minimum absolute atomic E-state index is 0.0577. The highest BCUT2D eigenvalue weighted by Crippen LogP contribution is 2.24. The van der Waals surface area contributed by atoms with Gasteiger partial charge in [-0.15, -0.1) is 0 Å². The second-order valence-corrected chi connectivity index (χ2v) is 6.38. The quantitative estimate of drug-likeness (QED) is 0.868. The first-order chi connectivity index (χ1) is 12.3. The maximum atomic E-state index is 12.8. The molecule has 25 heavy (non-hydrogen) atoms. The third-order valence-electron chi connectivity index (χ3n) is 4.62. The van der Waals surface area contributed by atoms with E-state index in [0.29, 0.717) is 19.0 Å². The molecule has 0 radical (unpaired) electrons. The molecule has 1 fully saturated rings. The number of amides is 2. The molecule has 0 bridgehead atoms. The van der Waals surface area contributed by atoms with E-state index in [-0.39, 0.29) is 12.1 Å². The van der Waals surface area contributed by atoms with Gasteiger partial charge in [0.1, 0.15) is 0 Å². The van der Waals surface area contributed by atoms with Crippen molar-refractivity contribution < 1.29 is 13.9 Å². The summed E-state index contributed by atoms with van der Waals surface area (Å²) in [7, 11) is 1.58. The Balaban J connectivity index is 1.65. The lowest BCUT2D eigenvalue weighted by atomic mass is 9.94. The van der Waals surface area contributed by atoms with E-state index in [2.05, 4.69) is 10.3 Å². The van der Waals surface area contributed by atoms with E-state index in [9.17, 15) is 4.79 Å². The van der Waals surface area contributed by atoms with Crippen LogP contribution in [0.3, 0.4) is 0 Å². The minimum Gasteiger partial charge on any atom is -0.481 e. The zero-order chi connectivity index (χ0) is 17.5. The van der Waals surface area contributed by atoms with Gasteiger partial charge in [-0.3, -0.25) is 0 Å². The van der Waals surface area contributed by atoms with Gasteiger partial charge in [0.15, 0.2) is 0 Å². The van der Waals surface area contributed by atoms with Gasteiger partial charge in [-0.1, -0.05) is 25.3 Å². The van der Waals surface area contributed by atoms with Gasteiger partial charge in [0.05, 0.1) is 38.4 Å². The lowest BCUT2D eigenvalue weighted by molar-refractivity contribution is 0.150. The Bertz CT molecular complexity index is 666. The number of methoxy groups -OCH3 is 1. The van der Waals surface area contributed by atoms with E-state index in [1.807, 2.05) is 23.1 Å². The number of ether oxygens (including phenoxy) is 1. The second kappa shape index (κ2) is 8.55. The number of nitrogens with zero attached hydrogens (tertiary/aromatic N) is 2. The number of hydrogen-bond donors (Lipinski definition) is 1. The van der Waals surface area contributed by atoms with Crippen LogP contribution in [0.15, 0.2) is 41.2 Å². The highest BCUT2D eigenvalue weighted by molar-refractivity contribution is 5.74. The summed E-state index contributed by atoms with van der Waals surface area (Å²) in [6.07, 6.45) is 9.07. The van der Waals surface area contributed by atoms with Crippen LogP contribution >= 0.6 is 0 Å². The molecule has 1 aliphatic rings. The minimum atomic E-state index is -0.0577. The van der Waals surface area contributed by atoms with Crippen LogP contribution in [0, 0.1) is 0 Å². The number of nitrogens with one attached hydrogen (secondary N) is 1. The molecule has 2 heterocycles. The Morgan fingerprint density at radius 3 is 2.88 bits per heavy atom. The van der Waals surface area contributed by atoms with Crippen LogP contribution in [-0.2, 0) is 13.1 Å². The topological polar surface area (TPSA) is 67.6 Å². The van der Waals surface area contributed by atoms with Gasteiger partial charge in [0.2, 0.25) is 5.88 Å². The number of furan rings is 1. The van der Waals surface area contributed by atoms with Gasteiger partial charge in [-0.2, -0.15) is 0 Å². The number of hydrogen-bond acceptors (Lipinski definition) is 4. The maximum Gasteiger partial charge on any atom is 0.318 e. The maximum absolute atomic E-state index is 12.8.